The summed E-state index contributed by atoms with van der Waals surface area (Å²) >= 11 is 0. The molecular formula is C12H9F2N3O. The van der Waals surface area contributed by atoms with Crippen molar-refractivity contribution in [1.29, 1.82) is 0 Å². The molecule has 0 atom stereocenters. The molecule has 0 spiro atoms. The molecule has 0 aliphatic carbocycles. The second-order valence-corrected chi connectivity index (χ2v) is 3.53. The first kappa shape index (κ1) is 12.0. The Morgan fingerprint density at radius 2 is 2.06 bits per heavy atom. The van der Waals surface area contributed by atoms with E-state index in [9.17, 15) is 13.6 Å². The van der Waals surface area contributed by atoms with Crippen molar-refractivity contribution in [1.82, 2.24) is 4.98 Å². The standard InChI is InChI=1S/C12H9F2N3O/c13-7-5-8(11(14)9(15)6-7)12(18)17-10-3-1-2-4-16-10/h1-6H,15H2,(H,16,17,18). The molecule has 1 aromatic carbocycles. The minimum atomic E-state index is -0.954. The molecular weight excluding hydrogens is 240 g/mol. The first-order valence-electron chi connectivity index (χ1n) is 5.05. The molecule has 3 N–H and O–H groups in total. The molecule has 1 aromatic heterocycles. The first-order chi connectivity index (χ1) is 8.58. The van der Waals surface area contributed by atoms with Crippen molar-refractivity contribution in [3.63, 3.8) is 0 Å². The number of anilines is 2. The van der Waals surface area contributed by atoms with Crippen LogP contribution in [0.2, 0.25) is 0 Å². The highest BCUT2D eigenvalue weighted by molar-refractivity contribution is 6.04. The van der Waals surface area contributed by atoms with Crippen LogP contribution in [0.1, 0.15) is 10.4 Å². The van der Waals surface area contributed by atoms with Gasteiger partial charge in [-0.15, -0.1) is 0 Å². The van der Waals surface area contributed by atoms with E-state index in [1.54, 1.807) is 12.1 Å². The van der Waals surface area contributed by atoms with E-state index in [0.717, 1.165) is 12.1 Å². The zero-order valence-corrected chi connectivity index (χ0v) is 9.15. The number of benzene rings is 1. The minimum absolute atomic E-state index is 0.240. The van der Waals surface area contributed by atoms with Crippen LogP contribution in [0.4, 0.5) is 20.3 Å². The first-order valence-corrected chi connectivity index (χ1v) is 5.05. The number of hydrogen-bond acceptors (Lipinski definition) is 3. The summed E-state index contributed by atoms with van der Waals surface area (Å²) in [5.41, 5.74) is 4.37. The van der Waals surface area contributed by atoms with E-state index >= 15 is 0 Å². The molecule has 1 amide bonds. The zero-order chi connectivity index (χ0) is 13.1. The largest absolute Gasteiger partial charge is 0.396 e. The van der Waals surface area contributed by atoms with Crippen LogP contribution < -0.4 is 11.1 Å². The van der Waals surface area contributed by atoms with Crippen molar-refractivity contribution in [2.24, 2.45) is 0 Å². The lowest BCUT2D eigenvalue weighted by Gasteiger charge is -2.06. The molecule has 0 aliphatic heterocycles. The van der Waals surface area contributed by atoms with Gasteiger partial charge >= 0.3 is 0 Å². The zero-order valence-electron chi connectivity index (χ0n) is 9.15. The summed E-state index contributed by atoms with van der Waals surface area (Å²) in [4.78, 5) is 15.6. The number of nitrogen functional groups attached to an aromatic ring is 1. The number of nitrogens with zero attached hydrogens (tertiary/aromatic N) is 1. The van der Waals surface area contributed by atoms with Crippen LogP contribution in [0.5, 0.6) is 0 Å². The fraction of sp³-hybridized carbons (Fsp3) is 0. The minimum Gasteiger partial charge on any atom is -0.396 e. The van der Waals surface area contributed by atoms with Gasteiger partial charge in [0.2, 0.25) is 0 Å². The van der Waals surface area contributed by atoms with Gasteiger partial charge in [-0.05, 0) is 24.3 Å². The van der Waals surface area contributed by atoms with Crippen molar-refractivity contribution in [3.8, 4) is 0 Å². The third-order valence-corrected chi connectivity index (χ3v) is 2.22. The Balaban J connectivity index is 2.30. The lowest BCUT2D eigenvalue weighted by molar-refractivity contribution is 0.102. The fourth-order valence-corrected chi connectivity index (χ4v) is 1.40. The molecule has 2 rings (SSSR count). The predicted molar refractivity (Wildman–Crippen MR) is 63.0 cm³/mol. The quantitative estimate of drug-likeness (QED) is 0.801. The number of carbonyl (C=O) groups excluding carboxylic acids is 1. The van der Waals surface area contributed by atoms with E-state index in [1.165, 1.54) is 12.3 Å². The Morgan fingerprint density at radius 3 is 2.72 bits per heavy atom. The maximum Gasteiger partial charge on any atom is 0.259 e. The summed E-state index contributed by atoms with van der Waals surface area (Å²) in [5, 5.41) is 2.34. The second kappa shape index (κ2) is 4.79. The number of nitrogens with one attached hydrogen (secondary N) is 1. The number of pyridine rings is 1. The van der Waals surface area contributed by atoms with Gasteiger partial charge in [-0.1, -0.05) is 6.07 Å². The maximum absolute atomic E-state index is 13.6. The molecule has 0 unspecified atom stereocenters. The summed E-state index contributed by atoms with van der Waals surface area (Å²) < 4.78 is 26.6. The van der Waals surface area contributed by atoms with Crippen molar-refractivity contribution in [2.75, 3.05) is 11.1 Å². The van der Waals surface area contributed by atoms with Gasteiger partial charge in [0.25, 0.3) is 5.91 Å². The van der Waals surface area contributed by atoms with Crippen molar-refractivity contribution < 1.29 is 13.6 Å². The van der Waals surface area contributed by atoms with Gasteiger partial charge in [0.05, 0.1) is 11.3 Å². The summed E-state index contributed by atoms with van der Waals surface area (Å²) in [6.07, 6.45) is 1.46. The van der Waals surface area contributed by atoms with Crippen LogP contribution in [0.25, 0.3) is 0 Å². The normalized spacial score (nSPS) is 10.1. The molecule has 2 aromatic rings. The summed E-state index contributed by atoms with van der Waals surface area (Å²) in [5.74, 6) is -2.30. The molecule has 0 radical (unpaired) electrons. The van der Waals surface area contributed by atoms with Gasteiger partial charge in [0.15, 0.2) is 5.82 Å². The molecule has 0 saturated carbocycles. The van der Waals surface area contributed by atoms with E-state index in [0.29, 0.717) is 0 Å². The third-order valence-electron chi connectivity index (χ3n) is 2.22. The maximum atomic E-state index is 13.6. The molecule has 6 heteroatoms. The Labute approximate surface area is 101 Å². The molecule has 0 fully saturated rings. The van der Waals surface area contributed by atoms with E-state index in [1.807, 2.05) is 0 Å². The number of rotatable bonds is 2. The van der Waals surface area contributed by atoms with Crippen LogP contribution in [-0.2, 0) is 0 Å². The molecule has 0 bridgehead atoms. The summed E-state index contributed by atoms with van der Waals surface area (Å²) in [7, 11) is 0. The van der Waals surface area contributed by atoms with Gasteiger partial charge in [-0.3, -0.25) is 4.79 Å². The second-order valence-electron chi connectivity index (χ2n) is 3.53. The number of halogens is 2. The van der Waals surface area contributed by atoms with E-state index in [4.69, 9.17) is 5.73 Å². The topological polar surface area (TPSA) is 68.0 Å². The number of nitrogens with two attached hydrogens (primary N) is 1. The van der Waals surface area contributed by atoms with Crippen molar-refractivity contribution >= 4 is 17.4 Å². The molecule has 4 nitrogen and oxygen atoms in total. The van der Waals surface area contributed by atoms with Crippen LogP contribution in [0.3, 0.4) is 0 Å². The van der Waals surface area contributed by atoms with Crippen LogP contribution in [0, 0.1) is 11.6 Å². The molecule has 18 heavy (non-hydrogen) atoms. The third kappa shape index (κ3) is 2.42. The van der Waals surface area contributed by atoms with Crippen molar-refractivity contribution in [3.05, 3.63) is 53.7 Å². The SMILES string of the molecule is Nc1cc(F)cc(C(=O)Nc2ccccn2)c1F. The average molecular weight is 249 g/mol. The van der Waals surface area contributed by atoms with Gasteiger partial charge < -0.3 is 11.1 Å². The highest BCUT2D eigenvalue weighted by atomic mass is 19.1. The number of amides is 1. The summed E-state index contributed by atoms with van der Waals surface area (Å²) in [6, 6.07) is 6.44. The molecule has 0 saturated heterocycles. The summed E-state index contributed by atoms with van der Waals surface area (Å²) in [6.45, 7) is 0. The van der Waals surface area contributed by atoms with Gasteiger partial charge in [-0.2, -0.15) is 0 Å². The lowest BCUT2D eigenvalue weighted by atomic mass is 10.1. The monoisotopic (exact) mass is 249 g/mol. The fourth-order valence-electron chi connectivity index (χ4n) is 1.40. The number of hydrogen-bond donors (Lipinski definition) is 2. The lowest BCUT2D eigenvalue weighted by Crippen LogP contribution is -2.15. The molecule has 92 valence electrons. The Kier molecular flexibility index (Phi) is 3.18. The van der Waals surface area contributed by atoms with Crippen LogP contribution in [0.15, 0.2) is 36.5 Å². The number of aromatic nitrogens is 1. The van der Waals surface area contributed by atoms with Crippen molar-refractivity contribution in [2.45, 2.75) is 0 Å². The average Bonchev–Trinajstić information content (AvgIpc) is 2.35. The van der Waals surface area contributed by atoms with E-state index < -0.39 is 28.8 Å². The molecule has 1 heterocycles. The van der Waals surface area contributed by atoms with Gasteiger partial charge in [-0.25, -0.2) is 13.8 Å². The van der Waals surface area contributed by atoms with E-state index in [-0.39, 0.29) is 5.82 Å². The number of carbonyl (C=O) groups is 1. The Bertz CT molecular complexity index is 587. The van der Waals surface area contributed by atoms with E-state index in [2.05, 4.69) is 10.3 Å². The van der Waals surface area contributed by atoms with Crippen LogP contribution >= 0.6 is 0 Å². The van der Waals surface area contributed by atoms with Crippen LogP contribution in [-0.4, -0.2) is 10.9 Å². The smallest absolute Gasteiger partial charge is 0.259 e. The Morgan fingerprint density at radius 1 is 1.28 bits per heavy atom. The highest BCUT2D eigenvalue weighted by Crippen LogP contribution is 2.18. The van der Waals surface area contributed by atoms with Gasteiger partial charge in [0.1, 0.15) is 11.6 Å². The predicted octanol–water partition coefficient (Wildman–Crippen LogP) is 2.19. The molecule has 0 aliphatic rings. The van der Waals surface area contributed by atoms with Gasteiger partial charge in [0, 0.05) is 6.20 Å². The Hall–Kier alpha value is -2.50. The highest BCUT2D eigenvalue weighted by Gasteiger charge is 2.16.